The summed E-state index contributed by atoms with van der Waals surface area (Å²) in [6.07, 6.45) is -1.00. The van der Waals surface area contributed by atoms with Crippen LogP contribution in [0.2, 0.25) is 0 Å². The van der Waals surface area contributed by atoms with Gasteiger partial charge in [0, 0.05) is 22.9 Å². The highest BCUT2D eigenvalue weighted by Crippen LogP contribution is 2.44. The van der Waals surface area contributed by atoms with E-state index in [-0.39, 0.29) is 0 Å². The summed E-state index contributed by atoms with van der Waals surface area (Å²) in [6.45, 7) is 2.49. The third kappa shape index (κ3) is 3.73. The number of amides is 1. The lowest BCUT2D eigenvalue weighted by Crippen LogP contribution is -2.32. The first kappa shape index (κ1) is 19.9. The first-order chi connectivity index (χ1) is 15.6. The Labute approximate surface area is 184 Å². The van der Waals surface area contributed by atoms with Crippen molar-refractivity contribution in [2.24, 2.45) is 0 Å². The molecular formula is C25H21NO6. The summed E-state index contributed by atoms with van der Waals surface area (Å²) in [5.74, 6) is 0.755. The molecular weight excluding hydrogens is 410 g/mol. The van der Waals surface area contributed by atoms with E-state index in [0.29, 0.717) is 53.0 Å². The lowest BCUT2D eigenvalue weighted by atomic mass is 9.88. The molecule has 0 saturated heterocycles. The van der Waals surface area contributed by atoms with E-state index in [1.165, 1.54) is 0 Å². The van der Waals surface area contributed by atoms with E-state index in [2.05, 4.69) is 5.32 Å². The third-order valence-electron chi connectivity index (χ3n) is 5.39. The van der Waals surface area contributed by atoms with Crippen molar-refractivity contribution in [3.05, 3.63) is 77.9 Å². The predicted molar refractivity (Wildman–Crippen MR) is 116 cm³/mol. The Morgan fingerprint density at radius 1 is 0.875 bits per heavy atom. The van der Waals surface area contributed by atoms with Gasteiger partial charge in [-0.15, -0.1) is 0 Å². The average molecular weight is 431 g/mol. The minimum atomic E-state index is -1.00. The second kappa shape index (κ2) is 8.26. The van der Waals surface area contributed by atoms with Crippen molar-refractivity contribution >= 4 is 17.6 Å². The van der Waals surface area contributed by atoms with Gasteiger partial charge in [0.15, 0.2) is 17.6 Å². The molecule has 0 saturated carbocycles. The Kier molecular flexibility index (Phi) is 5.15. The summed E-state index contributed by atoms with van der Waals surface area (Å²) in [7, 11) is 0. The molecule has 2 heterocycles. The number of nitrogens with one attached hydrogen (secondary N) is 1. The molecule has 5 rings (SSSR count). The number of anilines is 1. The number of carbonyl (C=O) groups is 2. The molecule has 1 unspecified atom stereocenters. The van der Waals surface area contributed by atoms with E-state index in [0.717, 1.165) is 0 Å². The highest BCUT2D eigenvalue weighted by Gasteiger charge is 2.35. The van der Waals surface area contributed by atoms with Gasteiger partial charge >= 0.3 is 5.97 Å². The fourth-order valence-corrected chi connectivity index (χ4v) is 3.82. The van der Waals surface area contributed by atoms with Crippen molar-refractivity contribution in [3.63, 3.8) is 0 Å². The van der Waals surface area contributed by atoms with Crippen LogP contribution in [0.5, 0.6) is 23.0 Å². The third-order valence-corrected chi connectivity index (χ3v) is 5.39. The molecule has 162 valence electrons. The van der Waals surface area contributed by atoms with E-state index >= 15 is 0 Å². The SMILES string of the molecule is CC(OC(=O)C1c2ccccc2Oc2ccccc21)C(=O)Nc1ccc2c(c1)OCCO2. The van der Waals surface area contributed by atoms with Crippen LogP contribution in [0, 0.1) is 0 Å². The van der Waals surface area contributed by atoms with Crippen molar-refractivity contribution in [2.45, 2.75) is 18.9 Å². The molecule has 0 spiro atoms. The van der Waals surface area contributed by atoms with E-state index in [9.17, 15) is 9.59 Å². The van der Waals surface area contributed by atoms with E-state index in [1.807, 2.05) is 48.5 Å². The van der Waals surface area contributed by atoms with Crippen molar-refractivity contribution in [1.82, 2.24) is 0 Å². The number of hydrogen-bond donors (Lipinski definition) is 1. The zero-order valence-corrected chi connectivity index (χ0v) is 17.4. The number of rotatable bonds is 4. The van der Waals surface area contributed by atoms with Gasteiger partial charge < -0.3 is 24.3 Å². The average Bonchev–Trinajstić information content (AvgIpc) is 2.82. The second-order valence-electron chi connectivity index (χ2n) is 7.54. The Morgan fingerprint density at radius 2 is 1.50 bits per heavy atom. The normalized spacial score (nSPS) is 14.9. The topological polar surface area (TPSA) is 83.1 Å². The fourth-order valence-electron chi connectivity index (χ4n) is 3.82. The van der Waals surface area contributed by atoms with Gasteiger partial charge in [-0.3, -0.25) is 9.59 Å². The first-order valence-corrected chi connectivity index (χ1v) is 10.4. The molecule has 7 nitrogen and oxygen atoms in total. The maximum absolute atomic E-state index is 13.2. The number of fused-ring (bicyclic) bond motifs is 3. The molecule has 2 aliphatic heterocycles. The quantitative estimate of drug-likeness (QED) is 0.622. The molecule has 0 aliphatic carbocycles. The van der Waals surface area contributed by atoms with Crippen LogP contribution in [-0.2, 0) is 14.3 Å². The van der Waals surface area contributed by atoms with Crippen molar-refractivity contribution in [3.8, 4) is 23.0 Å². The standard InChI is InChI=1S/C25H21NO6/c1-15(24(27)26-16-10-11-21-22(14-16)30-13-12-29-21)31-25(28)23-17-6-2-4-8-19(17)32-20-9-5-3-7-18(20)23/h2-11,14-15,23H,12-13H2,1H3,(H,26,27). The van der Waals surface area contributed by atoms with Crippen LogP contribution in [0.15, 0.2) is 66.7 Å². The minimum Gasteiger partial charge on any atom is -0.486 e. The highest BCUT2D eigenvalue weighted by atomic mass is 16.6. The second-order valence-corrected chi connectivity index (χ2v) is 7.54. The molecule has 0 aromatic heterocycles. The number of hydrogen-bond acceptors (Lipinski definition) is 6. The molecule has 0 fully saturated rings. The lowest BCUT2D eigenvalue weighted by Gasteiger charge is -2.27. The van der Waals surface area contributed by atoms with Crippen molar-refractivity contribution in [1.29, 1.82) is 0 Å². The maximum atomic E-state index is 13.2. The highest BCUT2D eigenvalue weighted by molar-refractivity contribution is 5.96. The van der Waals surface area contributed by atoms with Crippen LogP contribution < -0.4 is 19.5 Å². The molecule has 3 aromatic rings. The zero-order valence-electron chi connectivity index (χ0n) is 17.4. The summed E-state index contributed by atoms with van der Waals surface area (Å²) in [5.41, 5.74) is 1.94. The van der Waals surface area contributed by atoms with E-state index in [4.69, 9.17) is 18.9 Å². The number of para-hydroxylation sites is 2. The van der Waals surface area contributed by atoms with Crippen molar-refractivity contribution in [2.75, 3.05) is 18.5 Å². The predicted octanol–water partition coefficient (Wildman–Crippen LogP) is 4.27. The number of benzene rings is 3. The van der Waals surface area contributed by atoms with Crippen LogP contribution in [0.3, 0.4) is 0 Å². The smallest absolute Gasteiger partial charge is 0.318 e. The zero-order chi connectivity index (χ0) is 22.1. The summed E-state index contributed by atoms with van der Waals surface area (Å²) >= 11 is 0. The molecule has 32 heavy (non-hydrogen) atoms. The van der Waals surface area contributed by atoms with Crippen molar-refractivity contribution < 1.29 is 28.5 Å². The number of esters is 1. The summed E-state index contributed by atoms with van der Waals surface area (Å²) in [6, 6.07) is 19.8. The summed E-state index contributed by atoms with van der Waals surface area (Å²) in [5, 5.41) is 2.76. The van der Waals surface area contributed by atoms with E-state index in [1.54, 1.807) is 25.1 Å². The minimum absolute atomic E-state index is 0.441. The Morgan fingerprint density at radius 3 is 2.19 bits per heavy atom. The number of carbonyl (C=O) groups excluding carboxylic acids is 2. The lowest BCUT2D eigenvalue weighted by molar-refractivity contribution is -0.153. The van der Waals surface area contributed by atoms with Crippen LogP contribution >= 0.6 is 0 Å². The van der Waals surface area contributed by atoms with Crippen LogP contribution in [0.4, 0.5) is 5.69 Å². The Balaban J connectivity index is 1.32. The van der Waals surface area contributed by atoms with Gasteiger partial charge in [0.1, 0.15) is 30.6 Å². The Bertz CT molecular complexity index is 1150. The van der Waals surface area contributed by atoms with Gasteiger partial charge in [0.2, 0.25) is 0 Å². The van der Waals surface area contributed by atoms with Crippen LogP contribution in [0.25, 0.3) is 0 Å². The van der Waals surface area contributed by atoms with Gasteiger partial charge in [-0.1, -0.05) is 36.4 Å². The molecule has 2 aliphatic rings. The van der Waals surface area contributed by atoms with Gasteiger partial charge in [-0.05, 0) is 31.2 Å². The van der Waals surface area contributed by atoms with Gasteiger partial charge in [-0.2, -0.15) is 0 Å². The van der Waals surface area contributed by atoms with Gasteiger partial charge in [0.25, 0.3) is 5.91 Å². The van der Waals surface area contributed by atoms with Crippen LogP contribution in [0.1, 0.15) is 24.0 Å². The number of ether oxygens (including phenoxy) is 4. The Hall–Kier alpha value is -4.00. The summed E-state index contributed by atoms with van der Waals surface area (Å²) < 4.78 is 22.5. The van der Waals surface area contributed by atoms with Gasteiger partial charge in [-0.25, -0.2) is 0 Å². The molecule has 7 heteroatoms. The molecule has 1 atom stereocenters. The van der Waals surface area contributed by atoms with Gasteiger partial charge in [0.05, 0.1) is 0 Å². The van der Waals surface area contributed by atoms with Crippen LogP contribution in [-0.4, -0.2) is 31.2 Å². The largest absolute Gasteiger partial charge is 0.486 e. The molecule has 1 N–H and O–H groups in total. The molecule has 0 radical (unpaired) electrons. The molecule has 3 aromatic carbocycles. The van der Waals surface area contributed by atoms with E-state index < -0.39 is 23.9 Å². The molecule has 1 amide bonds. The maximum Gasteiger partial charge on any atom is 0.318 e. The summed E-state index contributed by atoms with van der Waals surface area (Å²) in [4.78, 5) is 25.9. The first-order valence-electron chi connectivity index (χ1n) is 10.4. The molecule has 0 bridgehead atoms. The monoisotopic (exact) mass is 431 g/mol. The fraction of sp³-hybridized carbons (Fsp3) is 0.200.